The lowest BCUT2D eigenvalue weighted by Crippen LogP contribution is -2.42. The molecule has 0 spiro atoms. The molecular formula is C18H28N4O3. The van der Waals surface area contributed by atoms with E-state index in [9.17, 15) is 4.79 Å². The second kappa shape index (κ2) is 9.36. The summed E-state index contributed by atoms with van der Waals surface area (Å²) >= 11 is 0. The van der Waals surface area contributed by atoms with E-state index in [1.54, 1.807) is 12.4 Å². The molecule has 7 heteroatoms. The Kier molecular flexibility index (Phi) is 7.18. The van der Waals surface area contributed by atoms with Gasteiger partial charge in [0.2, 0.25) is 5.88 Å². The lowest BCUT2D eigenvalue weighted by molar-refractivity contribution is -0.143. The maximum absolute atomic E-state index is 11.1. The molecule has 2 rings (SSSR count). The van der Waals surface area contributed by atoms with E-state index < -0.39 is 5.97 Å². The second-order valence-corrected chi connectivity index (χ2v) is 6.63. The molecule has 1 aromatic rings. The fourth-order valence-corrected chi connectivity index (χ4v) is 2.92. The largest absolute Gasteiger partial charge is 0.481 e. The minimum absolute atomic E-state index is 0.0221. The zero-order valence-electron chi connectivity index (χ0n) is 15.1. The molecule has 0 saturated carbocycles. The number of ether oxygens (including phenoxy) is 1. The summed E-state index contributed by atoms with van der Waals surface area (Å²) in [6.45, 7) is 6.11. The molecule has 0 aliphatic carbocycles. The van der Waals surface area contributed by atoms with Crippen molar-refractivity contribution in [1.29, 1.82) is 0 Å². The predicted octanol–water partition coefficient (Wildman–Crippen LogP) is 2.05. The third-order valence-electron chi connectivity index (χ3n) is 4.44. The lowest BCUT2D eigenvalue weighted by Gasteiger charge is -2.32. The van der Waals surface area contributed by atoms with Crippen LogP contribution in [0.15, 0.2) is 25.0 Å². The molecule has 1 saturated heterocycles. The van der Waals surface area contributed by atoms with Crippen molar-refractivity contribution in [3.63, 3.8) is 0 Å². The number of hydrogen-bond acceptors (Lipinski definition) is 6. The third kappa shape index (κ3) is 6.01. The topological polar surface area (TPSA) is 78.8 Å². The minimum atomic E-state index is -0.685. The zero-order valence-corrected chi connectivity index (χ0v) is 15.1. The van der Waals surface area contributed by atoms with Crippen molar-refractivity contribution in [2.75, 3.05) is 38.6 Å². The number of allylic oxidation sites excluding steroid dienone is 1. The Bertz CT molecular complexity index is 571. The van der Waals surface area contributed by atoms with Gasteiger partial charge in [0, 0.05) is 20.6 Å². The Labute approximate surface area is 149 Å². The quantitative estimate of drug-likeness (QED) is 0.684. The van der Waals surface area contributed by atoms with Crippen LogP contribution in [0.3, 0.4) is 0 Å². The van der Waals surface area contributed by atoms with E-state index in [0.717, 1.165) is 38.3 Å². The number of carboxylic acid groups (broad SMARTS) is 1. The van der Waals surface area contributed by atoms with E-state index in [-0.39, 0.29) is 12.0 Å². The van der Waals surface area contributed by atoms with Crippen LogP contribution in [0.2, 0.25) is 0 Å². The van der Waals surface area contributed by atoms with Gasteiger partial charge in [-0.3, -0.25) is 14.7 Å². The van der Waals surface area contributed by atoms with E-state index in [0.29, 0.717) is 18.7 Å². The molecule has 1 atom stereocenters. The molecule has 7 nitrogen and oxygen atoms in total. The van der Waals surface area contributed by atoms with Crippen LogP contribution in [0.4, 0.5) is 5.82 Å². The van der Waals surface area contributed by atoms with Gasteiger partial charge in [-0.2, -0.15) is 4.98 Å². The van der Waals surface area contributed by atoms with Crippen LogP contribution >= 0.6 is 0 Å². The van der Waals surface area contributed by atoms with Gasteiger partial charge in [-0.05, 0) is 38.8 Å². The molecule has 0 amide bonds. The highest BCUT2D eigenvalue weighted by molar-refractivity contribution is 5.70. The number of rotatable bonds is 9. The molecule has 1 aliphatic heterocycles. The van der Waals surface area contributed by atoms with E-state index in [4.69, 9.17) is 9.84 Å². The average Bonchev–Trinajstić information content (AvgIpc) is 2.60. The van der Waals surface area contributed by atoms with Crippen LogP contribution < -0.4 is 9.64 Å². The van der Waals surface area contributed by atoms with E-state index in [1.807, 2.05) is 25.1 Å². The third-order valence-corrected chi connectivity index (χ3v) is 4.44. The van der Waals surface area contributed by atoms with Gasteiger partial charge in [0.25, 0.3) is 0 Å². The Morgan fingerprint density at radius 1 is 1.48 bits per heavy atom. The molecule has 0 radical (unpaired) electrons. The van der Waals surface area contributed by atoms with E-state index >= 15 is 0 Å². The van der Waals surface area contributed by atoms with Gasteiger partial charge >= 0.3 is 5.97 Å². The maximum Gasteiger partial charge on any atom is 0.306 e. The summed E-state index contributed by atoms with van der Waals surface area (Å²) in [5.41, 5.74) is 0. The van der Waals surface area contributed by atoms with Crippen LogP contribution in [-0.4, -0.2) is 65.8 Å². The SMILES string of the molecule is C=CCCC(CN1CCC(C(=O)O)CC1)Oc1cncc(N(C)C)n1. The minimum Gasteiger partial charge on any atom is -0.481 e. The van der Waals surface area contributed by atoms with Gasteiger partial charge in [-0.25, -0.2) is 0 Å². The number of carbonyl (C=O) groups is 1. The second-order valence-electron chi connectivity index (χ2n) is 6.63. The molecule has 1 aliphatic rings. The highest BCUT2D eigenvalue weighted by Crippen LogP contribution is 2.20. The number of piperidine rings is 1. The molecule has 0 bridgehead atoms. The number of likely N-dealkylation sites (tertiary alicyclic amines) is 1. The fourth-order valence-electron chi connectivity index (χ4n) is 2.92. The van der Waals surface area contributed by atoms with Gasteiger partial charge in [0.15, 0.2) is 5.82 Å². The number of hydrogen-bond donors (Lipinski definition) is 1. The van der Waals surface area contributed by atoms with Gasteiger partial charge in [0.05, 0.1) is 18.3 Å². The first-order chi connectivity index (χ1) is 12.0. The normalized spacial score (nSPS) is 17.0. The number of nitrogens with zero attached hydrogens (tertiary/aromatic N) is 4. The van der Waals surface area contributed by atoms with Crippen molar-refractivity contribution in [3.05, 3.63) is 25.0 Å². The summed E-state index contributed by atoms with van der Waals surface area (Å²) in [6, 6.07) is 0. The molecule has 2 heterocycles. The molecule has 138 valence electrons. The van der Waals surface area contributed by atoms with Crippen molar-refractivity contribution in [3.8, 4) is 5.88 Å². The number of aromatic nitrogens is 2. The Morgan fingerprint density at radius 2 is 2.20 bits per heavy atom. The highest BCUT2D eigenvalue weighted by atomic mass is 16.5. The van der Waals surface area contributed by atoms with E-state index in [1.165, 1.54) is 0 Å². The Morgan fingerprint density at radius 3 is 2.80 bits per heavy atom. The van der Waals surface area contributed by atoms with Gasteiger partial charge < -0.3 is 14.7 Å². The Hall–Kier alpha value is -2.15. The van der Waals surface area contributed by atoms with Gasteiger partial charge in [0.1, 0.15) is 6.10 Å². The monoisotopic (exact) mass is 348 g/mol. The van der Waals surface area contributed by atoms with Crippen molar-refractivity contribution in [2.45, 2.75) is 31.8 Å². The molecule has 1 fully saturated rings. The van der Waals surface area contributed by atoms with Crippen LogP contribution in [0.1, 0.15) is 25.7 Å². The molecule has 1 aromatic heterocycles. The number of aliphatic carboxylic acids is 1. The first-order valence-electron chi connectivity index (χ1n) is 8.71. The molecule has 1 N–H and O–H groups in total. The van der Waals surface area contributed by atoms with Crippen molar-refractivity contribution >= 4 is 11.8 Å². The summed E-state index contributed by atoms with van der Waals surface area (Å²) in [6.07, 6.45) is 8.28. The summed E-state index contributed by atoms with van der Waals surface area (Å²) in [5, 5.41) is 9.11. The fraction of sp³-hybridized carbons (Fsp3) is 0.611. The first-order valence-corrected chi connectivity index (χ1v) is 8.71. The molecule has 0 aromatic carbocycles. The van der Waals surface area contributed by atoms with Gasteiger partial charge in [-0.1, -0.05) is 6.08 Å². The predicted molar refractivity (Wildman–Crippen MR) is 97.0 cm³/mol. The molecule has 1 unspecified atom stereocenters. The van der Waals surface area contributed by atoms with Crippen molar-refractivity contribution in [1.82, 2.24) is 14.9 Å². The van der Waals surface area contributed by atoms with Crippen molar-refractivity contribution < 1.29 is 14.6 Å². The van der Waals surface area contributed by atoms with Crippen LogP contribution in [0, 0.1) is 5.92 Å². The molecule has 25 heavy (non-hydrogen) atoms. The van der Waals surface area contributed by atoms with Gasteiger partial charge in [-0.15, -0.1) is 6.58 Å². The van der Waals surface area contributed by atoms with Crippen LogP contribution in [-0.2, 0) is 4.79 Å². The van der Waals surface area contributed by atoms with Crippen LogP contribution in [0.25, 0.3) is 0 Å². The van der Waals surface area contributed by atoms with E-state index in [2.05, 4.69) is 21.4 Å². The smallest absolute Gasteiger partial charge is 0.306 e. The maximum atomic E-state index is 11.1. The number of carboxylic acids is 1. The van der Waals surface area contributed by atoms with Crippen molar-refractivity contribution in [2.24, 2.45) is 5.92 Å². The highest BCUT2D eigenvalue weighted by Gasteiger charge is 2.26. The summed E-state index contributed by atoms with van der Waals surface area (Å²) in [5.74, 6) is 0.365. The standard InChI is InChI=1S/C18H28N4O3/c1-4-5-6-15(13-22-9-7-14(8-10-22)18(23)24)25-17-12-19-11-16(20-17)21(2)3/h4,11-12,14-15H,1,5-10,13H2,2-3H3,(H,23,24). The lowest BCUT2D eigenvalue weighted by atomic mass is 9.97. The summed E-state index contributed by atoms with van der Waals surface area (Å²) in [4.78, 5) is 23.9. The molecular weight excluding hydrogens is 320 g/mol. The zero-order chi connectivity index (χ0) is 18.2. The first kappa shape index (κ1) is 19.2. The van der Waals surface area contributed by atoms with Crippen LogP contribution in [0.5, 0.6) is 5.88 Å². The Balaban J connectivity index is 1.95. The summed E-state index contributed by atoms with van der Waals surface area (Å²) < 4.78 is 6.08. The number of anilines is 1. The average molecular weight is 348 g/mol. The summed E-state index contributed by atoms with van der Waals surface area (Å²) in [7, 11) is 3.82.